The highest BCUT2D eigenvalue weighted by Crippen LogP contribution is 2.34. The fraction of sp³-hybridized carbons (Fsp3) is 0.533. The summed E-state index contributed by atoms with van der Waals surface area (Å²) in [6.07, 6.45) is 0.784. The lowest BCUT2D eigenvalue weighted by molar-refractivity contribution is -0.136. The topological polar surface area (TPSA) is 41.6 Å². The molecule has 19 heavy (non-hydrogen) atoms. The molecule has 1 saturated heterocycles. The lowest BCUT2D eigenvalue weighted by Crippen LogP contribution is -2.53. The Labute approximate surface area is 113 Å². The van der Waals surface area contributed by atoms with Crippen LogP contribution in [0.2, 0.25) is 0 Å². The van der Waals surface area contributed by atoms with Gasteiger partial charge < -0.3 is 15.0 Å². The summed E-state index contributed by atoms with van der Waals surface area (Å²) in [5.41, 5.74) is 1.05. The highest BCUT2D eigenvalue weighted by atomic mass is 16.5. The first-order chi connectivity index (χ1) is 9.27. The fourth-order valence-corrected chi connectivity index (χ4v) is 2.97. The monoisotopic (exact) mass is 260 g/mol. The van der Waals surface area contributed by atoms with Gasteiger partial charge in [-0.3, -0.25) is 4.79 Å². The molecule has 1 amide bonds. The second-order valence-corrected chi connectivity index (χ2v) is 5.31. The Balaban J connectivity index is 1.84. The molecule has 1 fully saturated rings. The summed E-state index contributed by atoms with van der Waals surface area (Å²) >= 11 is 0. The third kappa shape index (κ3) is 2.32. The van der Waals surface area contributed by atoms with Gasteiger partial charge in [0.15, 0.2) is 0 Å². The van der Waals surface area contributed by atoms with Crippen LogP contribution in [0.1, 0.15) is 24.8 Å². The Kier molecular flexibility index (Phi) is 3.42. The summed E-state index contributed by atoms with van der Waals surface area (Å²) in [7, 11) is 0. The van der Waals surface area contributed by atoms with Crippen molar-refractivity contribution in [2.24, 2.45) is 0 Å². The molecule has 4 nitrogen and oxygen atoms in total. The first-order valence-electron chi connectivity index (χ1n) is 7.00. The van der Waals surface area contributed by atoms with Crippen LogP contribution in [0.15, 0.2) is 24.3 Å². The Morgan fingerprint density at radius 3 is 3.11 bits per heavy atom. The average Bonchev–Trinajstić information content (AvgIpc) is 2.46. The van der Waals surface area contributed by atoms with Gasteiger partial charge in [-0.25, -0.2) is 0 Å². The summed E-state index contributed by atoms with van der Waals surface area (Å²) in [5.74, 6) is 1.09. The van der Waals surface area contributed by atoms with E-state index in [1.807, 2.05) is 29.2 Å². The lowest BCUT2D eigenvalue weighted by Gasteiger charge is -2.37. The quantitative estimate of drug-likeness (QED) is 0.829. The van der Waals surface area contributed by atoms with Gasteiger partial charge in [-0.05, 0) is 19.4 Å². The van der Waals surface area contributed by atoms with E-state index in [0.717, 1.165) is 37.4 Å². The van der Waals surface area contributed by atoms with E-state index < -0.39 is 0 Å². The maximum atomic E-state index is 12.8. The highest BCUT2D eigenvalue weighted by Gasteiger charge is 2.33. The lowest BCUT2D eigenvalue weighted by atomic mass is 9.91. The first kappa shape index (κ1) is 12.5. The molecular weight excluding hydrogens is 240 g/mol. The van der Waals surface area contributed by atoms with Crippen molar-refractivity contribution in [2.75, 3.05) is 26.2 Å². The molecule has 1 aromatic carbocycles. The zero-order valence-electron chi connectivity index (χ0n) is 11.3. The van der Waals surface area contributed by atoms with Gasteiger partial charge >= 0.3 is 0 Å². The van der Waals surface area contributed by atoms with Gasteiger partial charge in [-0.2, -0.15) is 0 Å². The maximum Gasteiger partial charge on any atom is 0.230 e. The van der Waals surface area contributed by atoms with Crippen LogP contribution in [-0.4, -0.2) is 43.1 Å². The second kappa shape index (κ2) is 5.21. The minimum absolute atomic E-state index is 0.0366. The van der Waals surface area contributed by atoms with E-state index in [0.29, 0.717) is 6.61 Å². The van der Waals surface area contributed by atoms with E-state index in [-0.39, 0.29) is 17.9 Å². The second-order valence-electron chi connectivity index (χ2n) is 5.31. The Hall–Kier alpha value is -1.55. The number of carbonyl (C=O) groups excluding carboxylic acids is 1. The van der Waals surface area contributed by atoms with E-state index in [9.17, 15) is 4.79 Å². The number of rotatable bonds is 1. The molecule has 0 radical (unpaired) electrons. The molecule has 0 aliphatic carbocycles. The standard InChI is InChI=1S/C15H20N2O2/c1-11-10-16-7-8-17(11)15(18)13-6-9-19-14-5-3-2-4-12(13)14/h2-5,11,13,16H,6-10H2,1H3. The molecule has 0 aromatic heterocycles. The van der Waals surface area contributed by atoms with Gasteiger partial charge in [0.25, 0.3) is 0 Å². The predicted octanol–water partition coefficient (Wildman–Crippen LogP) is 1.37. The van der Waals surface area contributed by atoms with Crippen molar-refractivity contribution in [3.63, 3.8) is 0 Å². The number of para-hydroxylation sites is 1. The van der Waals surface area contributed by atoms with Gasteiger partial charge in [0.1, 0.15) is 5.75 Å². The van der Waals surface area contributed by atoms with Gasteiger partial charge in [-0.15, -0.1) is 0 Å². The first-order valence-corrected chi connectivity index (χ1v) is 7.00. The molecule has 102 valence electrons. The fourth-order valence-electron chi connectivity index (χ4n) is 2.97. The molecule has 0 spiro atoms. The molecule has 2 unspecified atom stereocenters. The van der Waals surface area contributed by atoms with Crippen molar-refractivity contribution in [1.82, 2.24) is 10.2 Å². The zero-order valence-corrected chi connectivity index (χ0v) is 11.3. The highest BCUT2D eigenvalue weighted by molar-refractivity contribution is 5.85. The van der Waals surface area contributed by atoms with Crippen molar-refractivity contribution >= 4 is 5.91 Å². The SMILES string of the molecule is CC1CNCCN1C(=O)C1CCOc2ccccc21. The van der Waals surface area contributed by atoms with Gasteiger partial charge in [0, 0.05) is 31.2 Å². The van der Waals surface area contributed by atoms with Gasteiger partial charge in [0.2, 0.25) is 5.91 Å². The molecule has 2 aliphatic heterocycles. The number of hydrogen-bond donors (Lipinski definition) is 1. The molecule has 2 atom stereocenters. The van der Waals surface area contributed by atoms with Crippen LogP contribution in [0.3, 0.4) is 0 Å². The Morgan fingerprint density at radius 2 is 2.26 bits per heavy atom. The molecular formula is C15H20N2O2. The molecule has 4 heteroatoms. The van der Waals surface area contributed by atoms with Crippen LogP contribution in [0.25, 0.3) is 0 Å². The normalized spacial score (nSPS) is 26.5. The van der Waals surface area contributed by atoms with Crippen molar-refractivity contribution in [1.29, 1.82) is 0 Å². The third-order valence-corrected chi connectivity index (χ3v) is 4.04. The van der Waals surface area contributed by atoms with E-state index >= 15 is 0 Å². The number of fused-ring (bicyclic) bond motifs is 1. The van der Waals surface area contributed by atoms with E-state index in [1.54, 1.807) is 0 Å². The van der Waals surface area contributed by atoms with E-state index in [1.165, 1.54) is 0 Å². The summed E-state index contributed by atoms with van der Waals surface area (Å²) in [5, 5.41) is 3.32. The van der Waals surface area contributed by atoms with Crippen molar-refractivity contribution in [3.8, 4) is 5.75 Å². The average molecular weight is 260 g/mol. The Bertz CT molecular complexity index is 475. The summed E-state index contributed by atoms with van der Waals surface area (Å²) < 4.78 is 5.63. The zero-order chi connectivity index (χ0) is 13.2. The number of piperazine rings is 1. The smallest absolute Gasteiger partial charge is 0.230 e. The Morgan fingerprint density at radius 1 is 1.42 bits per heavy atom. The van der Waals surface area contributed by atoms with Crippen LogP contribution in [-0.2, 0) is 4.79 Å². The minimum Gasteiger partial charge on any atom is -0.493 e. The van der Waals surface area contributed by atoms with Crippen LogP contribution in [0, 0.1) is 0 Å². The summed E-state index contributed by atoms with van der Waals surface area (Å²) in [4.78, 5) is 14.8. The van der Waals surface area contributed by atoms with Crippen molar-refractivity contribution < 1.29 is 9.53 Å². The number of hydrogen-bond acceptors (Lipinski definition) is 3. The third-order valence-electron chi connectivity index (χ3n) is 4.04. The van der Waals surface area contributed by atoms with Crippen LogP contribution < -0.4 is 10.1 Å². The number of carbonyl (C=O) groups is 1. The number of nitrogens with zero attached hydrogens (tertiary/aromatic N) is 1. The van der Waals surface area contributed by atoms with Crippen LogP contribution in [0.5, 0.6) is 5.75 Å². The molecule has 0 saturated carbocycles. The molecule has 1 aromatic rings. The number of benzene rings is 1. The summed E-state index contributed by atoms with van der Waals surface area (Å²) in [6.45, 7) is 5.32. The minimum atomic E-state index is -0.0366. The van der Waals surface area contributed by atoms with Gasteiger partial charge in [0.05, 0.1) is 12.5 Å². The molecule has 2 heterocycles. The largest absolute Gasteiger partial charge is 0.493 e. The molecule has 3 rings (SSSR count). The number of nitrogens with one attached hydrogen (secondary N) is 1. The number of amides is 1. The predicted molar refractivity (Wildman–Crippen MR) is 73.3 cm³/mol. The van der Waals surface area contributed by atoms with Gasteiger partial charge in [-0.1, -0.05) is 18.2 Å². The molecule has 0 bridgehead atoms. The number of ether oxygens (including phenoxy) is 1. The van der Waals surface area contributed by atoms with Crippen LogP contribution >= 0.6 is 0 Å². The molecule has 1 N–H and O–H groups in total. The van der Waals surface area contributed by atoms with Crippen LogP contribution in [0.4, 0.5) is 0 Å². The van der Waals surface area contributed by atoms with Crippen molar-refractivity contribution in [2.45, 2.75) is 25.3 Å². The van der Waals surface area contributed by atoms with Crippen molar-refractivity contribution in [3.05, 3.63) is 29.8 Å². The molecule has 2 aliphatic rings. The maximum absolute atomic E-state index is 12.8. The van der Waals surface area contributed by atoms with E-state index in [4.69, 9.17) is 4.74 Å². The summed E-state index contributed by atoms with van der Waals surface area (Å²) in [6, 6.07) is 8.19. The van der Waals surface area contributed by atoms with E-state index in [2.05, 4.69) is 12.2 Å².